The van der Waals surface area contributed by atoms with E-state index >= 15 is 0 Å². The molecule has 0 aliphatic heterocycles. The Kier molecular flexibility index (Phi) is 4.66. The summed E-state index contributed by atoms with van der Waals surface area (Å²) in [5.74, 6) is 0.306. The van der Waals surface area contributed by atoms with Gasteiger partial charge in [0.2, 0.25) is 0 Å². The van der Waals surface area contributed by atoms with Crippen LogP contribution >= 0.6 is 11.6 Å². The van der Waals surface area contributed by atoms with Gasteiger partial charge in [0, 0.05) is 22.3 Å². The molecule has 0 spiro atoms. The minimum atomic E-state index is -0.301. The number of hydrogen-bond acceptors (Lipinski definition) is 4. The third kappa shape index (κ3) is 4.18. The maximum atomic E-state index is 12.3. The van der Waals surface area contributed by atoms with E-state index in [1.54, 1.807) is 24.3 Å². The molecule has 1 aromatic heterocycles. The molecule has 1 aromatic carbocycles. The predicted molar refractivity (Wildman–Crippen MR) is 89.5 cm³/mol. The number of benzene rings is 1. The zero-order valence-electron chi connectivity index (χ0n) is 13.1. The van der Waals surface area contributed by atoms with E-state index in [-0.39, 0.29) is 11.4 Å². The van der Waals surface area contributed by atoms with Crippen molar-refractivity contribution >= 4 is 29.0 Å². The number of carbonyl (C=O) groups is 1. The lowest BCUT2D eigenvalue weighted by Gasteiger charge is -2.21. The van der Waals surface area contributed by atoms with Crippen LogP contribution < -0.4 is 10.6 Å². The number of hydrogen-bond donors (Lipinski definition) is 2. The third-order valence-electron chi connectivity index (χ3n) is 2.92. The molecular formula is C16H19ClN4O. The second-order valence-corrected chi connectivity index (χ2v) is 6.44. The summed E-state index contributed by atoms with van der Waals surface area (Å²) in [6.07, 6.45) is 1.37. The number of anilines is 2. The number of nitrogens with zero attached hydrogens (tertiary/aromatic N) is 2. The van der Waals surface area contributed by atoms with Crippen molar-refractivity contribution < 1.29 is 4.79 Å². The van der Waals surface area contributed by atoms with Gasteiger partial charge < -0.3 is 10.6 Å². The van der Waals surface area contributed by atoms with Crippen molar-refractivity contribution in [2.45, 2.75) is 33.2 Å². The van der Waals surface area contributed by atoms with Crippen LogP contribution in [-0.4, -0.2) is 21.4 Å². The molecule has 0 saturated heterocycles. The quantitative estimate of drug-likeness (QED) is 0.900. The molecule has 2 aromatic rings. The minimum Gasteiger partial charge on any atom is -0.365 e. The average molecular weight is 319 g/mol. The van der Waals surface area contributed by atoms with Gasteiger partial charge in [-0.2, -0.15) is 0 Å². The van der Waals surface area contributed by atoms with Crippen molar-refractivity contribution in [1.82, 2.24) is 9.97 Å². The number of aromatic nitrogens is 2. The Morgan fingerprint density at radius 1 is 1.23 bits per heavy atom. The van der Waals surface area contributed by atoms with Gasteiger partial charge in [-0.25, -0.2) is 9.97 Å². The number of rotatable bonds is 3. The van der Waals surface area contributed by atoms with Gasteiger partial charge in [-0.1, -0.05) is 17.7 Å². The van der Waals surface area contributed by atoms with Crippen LogP contribution in [0.5, 0.6) is 0 Å². The molecule has 5 nitrogen and oxygen atoms in total. The maximum absolute atomic E-state index is 12.3. The third-order valence-corrected chi connectivity index (χ3v) is 3.33. The summed E-state index contributed by atoms with van der Waals surface area (Å²) in [7, 11) is 0. The fourth-order valence-electron chi connectivity index (χ4n) is 1.86. The van der Waals surface area contributed by atoms with Crippen LogP contribution in [0.2, 0.25) is 5.02 Å². The molecule has 116 valence electrons. The first-order valence-corrected chi connectivity index (χ1v) is 7.31. The standard InChI is InChI=1S/C16H19ClN4O/c1-10-11(17)6-5-7-12(10)20-15(22)13-8-14(19-9-18-13)21-16(2,3)4/h5-9H,1-4H3,(H,20,22)(H,18,19,21). The predicted octanol–water partition coefficient (Wildman–Crippen LogP) is 3.90. The minimum absolute atomic E-state index is 0.147. The topological polar surface area (TPSA) is 66.9 Å². The molecule has 0 aliphatic carbocycles. The SMILES string of the molecule is Cc1c(Cl)cccc1NC(=O)c1cc(NC(C)(C)C)ncn1. The fraction of sp³-hybridized carbons (Fsp3) is 0.312. The summed E-state index contributed by atoms with van der Waals surface area (Å²) < 4.78 is 0. The number of nitrogens with one attached hydrogen (secondary N) is 2. The van der Waals surface area contributed by atoms with Crippen molar-refractivity contribution in [3.8, 4) is 0 Å². The van der Waals surface area contributed by atoms with Crippen LogP contribution in [0.4, 0.5) is 11.5 Å². The molecule has 22 heavy (non-hydrogen) atoms. The van der Waals surface area contributed by atoms with Gasteiger partial charge >= 0.3 is 0 Å². The summed E-state index contributed by atoms with van der Waals surface area (Å²) in [6.45, 7) is 7.91. The zero-order chi connectivity index (χ0) is 16.3. The van der Waals surface area contributed by atoms with E-state index < -0.39 is 0 Å². The van der Waals surface area contributed by atoms with Crippen LogP contribution in [0.15, 0.2) is 30.6 Å². The molecule has 0 aliphatic rings. The molecule has 0 unspecified atom stereocenters. The van der Waals surface area contributed by atoms with Crippen molar-refractivity contribution in [2.24, 2.45) is 0 Å². The average Bonchev–Trinajstić information content (AvgIpc) is 2.42. The molecular weight excluding hydrogens is 300 g/mol. The zero-order valence-corrected chi connectivity index (χ0v) is 13.8. The van der Waals surface area contributed by atoms with E-state index in [2.05, 4.69) is 20.6 Å². The highest BCUT2D eigenvalue weighted by molar-refractivity contribution is 6.31. The van der Waals surface area contributed by atoms with Gasteiger partial charge in [-0.3, -0.25) is 4.79 Å². The van der Waals surface area contributed by atoms with E-state index in [1.165, 1.54) is 6.33 Å². The molecule has 1 heterocycles. The Morgan fingerprint density at radius 2 is 1.95 bits per heavy atom. The first kappa shape index (κ1) is 16.2. The normalized spacial score (nSPS) is 11.1. The van der Waals surface area contributed by atoms with Gasteiger partial charge in [0.1, 0.15) is 17.8 Å². The first-order valence-electron chi connectivity index (χ1n) is 6.93. The molecule has 0 saturated carbocycles. The summed E-state index contributed by atoms with van der Waals surface area (Å²) >= 11 is 6.05. The van der Waals surface area contributed by atoms with Crippen molar-refractivity contribution in [1.29, 1.82) is 0 Å². The van der Waals surface area contributed by atoms with Crippen LogP contribution in [0.3, 0.4) is 0 Å². The number of carbonyl (C=O) groups excluding carboxylic acids is 1. The molecule has 0 fully saturated rings. The van der Waals surface area contributed by atoms with Crippen LogP contribution in [0, 0.1) is 6.92 Å². The van der Waals surface area contributed by atoms with Gasteiger partial charge in [-0.15, -0.1) is 0 Å². The summed E-state index contributed by atoms with van der Waals surface area (Å²) in [4.78, 5) is 20.5. The summed E-state index contributed by atoms with van der Waals surface area (Å²) in [5, 5.41) is 6.63. The lowest BCUT2D eigenvalue weighted by atomic mass is 10.1. The summed E-state index contributed by atoms with van der Waals surface area (Å²) in [5.41, 5.74) is 1.63. The second-order valence-electron chi connectivity index (χ2n) is 6.03. The van der Waals surface area contributed by atoms with Crippen molar-refractivity contribution in [3.63, 3.8) is 0 Å². The monoisotopic (exact) mass is 318 g/mol. The second kappa shape index (κ2) is 6.32. The van der Waals surface area contributed by atoms with E-state index in [1.807, 2.05) is 27.7 Å². The van der Waals surface area contributed by atoms with Crippen molar-refractivity contribution in [3.05, 3.63) is 46.9 Å². The Labute approximate surface area is 135 Å². The largest absolute Gasteiger partial charge is 0.365 e. The Hall–Kier alpha value is -2.14. The van der Waals surface area contributed by atoms with E-state index in [4.69, 9.17) is 11.6 Å². The van der Waals surface area contributed by atoms with Crippen LogP contribution in [-0.2, 0) is 0 Å². The van der Waals surface area contributed by atoms with Gasteiger partial charge in [0.05, 0.1) is 0 Å². The number of amides is 1. The van der Waals surface area contributed by atoms with Crippen LogP contribution in [0.25, 0.3) is 0 Å². The molecule has 6 heteroatoms. The van der Waals surface area contributed by atoms with Crippen molar-refractivity contribution in [2.75, 3.05) is 10.6 Å². The van der Waals surface area contributed by atoms with Gasteiger partial charge in [0.25, 0.3) is 5.91 Å². The van der Waals surface area contributed by atoms with E-state index in [0.717, 1.165) is 5.56 Å². The maximum Gasteiger partial charge on any atom is 0.274 e. The molecule has 2 rings (SSSR count). The van der Waals surface area contributed by atoms with E-state index in [0.29, 0.717) is 22.2 Å². The van der Waals surface area contributed by atoms with Crippen LogP contribution in [0.1, 0.15) is 36.8 Å². The summed E-state index contributed by atoms with van der Waals surface area (Å²) in [6, 6.07) is 7.00. The molecule has 2 N–H and O–H groups in total. The lowest BCUT2D eigenvalue weighted by molar-refractivity contribution is 0.102. The smallest absolute Gasteiger partial charge is 0.274 e. The highest BCUT2D eigenvalue weighted by Crippen LogP contribution is 2.23. The van der Waals surface area contributed by atoms with E-state index in [9.17, 15) is 4.79 Å². The molecule has 0 atom stereocenters. The molecule has 1 amide bonds. The fourth-order valence-corrected chi connectivity index (χ4v) is 2.04. The molecule has 0 bridgehead atoms. The van der Waals surface area contributed by atoms with Gasteiger partial charge in [0.15, 0.2) is 0 Å². The van der Waals surface area contributed by atoms with Gasteiger partial charge in [-0.05, 0) is 45.4 Å². The Morgan fingerprint density at radius 3 is 2.64 bits per heavy atom. The molecule has 0 radical (unpaired) electrons. The Balaban J connectivity index is 2.19. The lowest BCUT2D eigenvalue weighted by Crippen LogP contribution is -2.27. The number of halogens is 1. The first-order chi connectivity index (χ1) is 10.3. The Bertz CT molecular complexity index is 695. The highest BCUT2D eigenvalue weighted by atomic mass is 35.5. The highest BCUT2D eigenvalue weighted by Gasteiger charge is 2.14.